The van der Waals surface area contributed by atoms with Crippen molar-refractivity contribution in [1.82, 2.24) is 15.1 Å². The second-order valence-electron chi connectivity index (χ2n) is 7.58. The van der Waals surface area contributed by atoms with Crippen LogP contribution >= 0.6 is 0 Å². The third kappa shape index (κ3) is 8.33. The molecule has 0 bridgehead atoms. The van der Waals surface area contributed by atoms with Crippen LogP contribution in [-0.2, 0) is 22.6 Å². The number of aliphatic imine (C=N–C) groups is 1. The van der Waals surface area contributed by atoms with E-state index < -0.39 is 0 Å². The van der Waals surface area contributed by atoms with Crippen LogP contribution in [0.1, 0.15) is 44.2 Å². The van der Waals surface area contributed by atoms with Gasteiger partial charge in [0.1, 0.15) is 0 Å². The molecule has 1 aromatic rings. The molecule has 0 amide bonds. The van der Waals surface area contributed by atoms with Gasteiger partial charge in [-0.3, -0.25) is 9.89 Å². The molecular weight excluding hydrogens is 364 g/mol. The van der Waals surface area contributed by atoms with Crippen molar-refractivity contribution in [1.29, 1.82) is 0 Å². The quantitative estimate of drug-likeness (QED) is 0.349. The SMILES string of the molecule is CCN(CC)Cc1ccc(CNC(=NC)N2CCC(OCCCOC)CC2)cc1. The third-order valence-corrected chi connectivity index (χ3v) is 5.57. The molecule has 1 aromatic carbocycles. The van der Waals surface area contributed by atoms with Crippen molar-refractivity contribution in [3.8, 4) is 0 Å². The largest absolute Gasteiger partial charge is 0.385 e. The van der Waals surface area contributed by atoms with Crippen LogP contribution in [-0.4, -0.2) is 75.4 Å². The van der Waals surface area contributed by atoms with Gasteiger partial charge in [-0.1, -0.05) is 38.1 Å². The molecule has 0 atom stereocenters. The lowest BCUT2D eigenvalue weighted by Gasteiger charge is -2.34. The summed E-state index contributed by atoms with van der Waals surface area (Å²) in [6.07, 6.45) is 3.43. The highest BCUT2D eigenvalue weighted by Crippen LogP contribution is 2.14. The number of benzene rings is 1. The maximum atomic E-state index is 5.96. The first-order chi connectivity index (χ1) is 14.2. The summed E-state index contributed by atoms with van der Waals surface area (Å²) < 4.78 is 11.0. The van der Waals surface area contributed by atoms with E-state index in [1.54, 1.807) is 7.11 Å². The lowest BCUT2D eigenvalue weighted by molar-refractivity contribution is 0.00989. The number of ether oxygens (including phenoxy) is 2. The normalized spacial score (nSPS) is 15.9. The molecule has 1 saturated heterocycles. The summed E-state index contributed by atoms with van der Waals surface area (Å²) in [6.45, 7) is 11.9. The highest BCUT2D eigenvalue weighted by atomic mass is 16.5. The molecule has 1 fully saturated rings. The predicted molar refractivity (Wildman–Crippen MR) is 120 cm³/mol. The fourth-order valence-corrected chi connectivity index (χ4v) is 3.67. The van der Waals surface area contributed by atoms with E-state index in [0.29, 0.717) is 6.10 Å². The van der Waals surface area contributed by atoms with Gasteiger partial charge in [-0.15, -0.1) is 0 Å². The van der Waals surface area contributed by atoms with Crippen LogP contribution in [0.5, 0.6) is 0 Å². The zero-order valence-corrected chi connectivity index (χ0v) is 18.8. The molecule has 6 nitrogen and oxygen atoms in total. The molecule has 0 unspecified atom stereocenters. The van der Waals surface area contributed by atoms with Gasteiger partial charge < -0.3 is 19.7 Å². The Hall–Kier alpha value is -1.63. The molecule has 1 aliphatic heterocycles. The molecule has 1 N–H and O–H groups in total. The first-order valence-corrected chi connectivity index (χ1v) is 11.1. The Balaban J connectivity index is 1.74. The number of piperidine rings is 1. The average Bonchev–Trinajstić information content (AvgIpc) is 2.77. The Kier molecular flexibility index (Phi) is 11.1. The maximum absolute atomic E-state index is 5.96. The van der Waals surface area contributed by atoms with Crippen LogP contribution in [0, 0.1) is 0 Å². The zero-order chi connectivity index (χ0) is 20.9. The second-order valence-corrected chi connectivity index (χ2v) is 7.58. The molecule has 2 rings (SSSR count). The van der Waals surface area contributed by atoms with Crippen LogP contribution in [0.2, 0.25) is 0 Å². The molecule has 164 valence electrons. The Morgan fingerprint density at radius 3 is 2.34 bits per heavy atom. The van der Waals surface area contributed by atoms with Crippen molar-refractivity contribution in [3.63, 3.8) is 0 Å². The van der Waals surface area contributed by atoms with Crippen molar-refractivity contribution in [2.75, 3.05) is 53.6 Å². The summed E-state index contributed by atoms with van der Waals surface area (Å²) in [5.41, 5.74) is 2.65. The lowest BCUT2D eigenvalue weighted by Crippen LogP contribution is -2.46. The van der Waals surface area contributed by atoms with E-state index in [-0.39, 0.29) is 0 Å². The van der Waals surface area contributed by atoms with Crippen molar-refractivity contribution >= 4 is 5.96 Å². The topological polar surface area (TPSA) is 49.3 Å². The Morgan fingerprint density at radius 1 is 1.10 bits per heavy atom. The average molecular weight is 405 g/mol. The highest BCUT2D eigenvalue weighted by molar-refractivity contribution is 5.79. The van der Waals surface area contributed by atoms with Gasteiger partial charge in [0, 0.05) is 53.6 Å². The van der Waals surface area contributed by atoms with Crippen molar-refractivity contribution in [3.05, 3.63) is 35.4 Å². The van der Waals surface area contributed by atoms with Crippen molar-refractivity contribution < 1.29 is 9.47 Å². The molecule has 6 heteroatoms. The van der Waals surface area contributed by atoms with Gasteiger partial charge in [-0.05, 0) is 43.5 Å². The van der Waals surface area contributed by atoms with Crippen molar-refractivity contribution in [2.45, 2.75) is 52.3 Å². The minimum absolute atomic E-state index is 0.361. The molecule has 0 spiro atoms. The lowest BCUT2D eigenvalue weighted by atomic mass is 10.1. The molecule has 0 aromatic heterocycles. The summed E-state index contributed by atoms with van der Waals surface area (Å²) in [5, 5.41) is 3.52. The number of nitrogens with zero attached hydrogens (tertiary/aromatic N) is 3. The van der Waals surface area contributed by atoms with E-state index >= 15 is 0 Å². The summed E-state index contributed by atoms with van der Waals surface area (Å²) >= 11 is 0. The molecule has 0 saturated carbocycles. The Morgan fingerprint density at radius 2 is 1.76 bits per heavy atom. The molecule has 1 aliphatic rings. The number of rotatable bonds is 11. The van der Waals surface area contributed by atoms with E-state index in [1.807, 2.05) is 7.05 Å². The first-order valence-electron chi connectivity index (χ1n) is 11.1. The van der Waals surface area contributed by atoms with Gasteiger partial charge in [-0.2, -0.15) is 0 Å². The van der Waals surface area contributed by atoms with Crippen LogP contribution in [0.3, 0.4) is 0 Å². The van der Waals surface area contributed by atoms with Gasteiger partial charge in [0.05, 0.1) is 6.10 Å². The zero-order valence-electron chi connectivity index (χ0n) is 18.8. The molecule has 1 heterocycles. The van der Waals surface area contributed by atoms with E-state index in [0.717, 1.165) is 77.7 Å². The Bertz CT molecular complexity index is 579. The minimum atomic E-state index is 0.361. The monoisotopic (exact) mass is 404 g/mol. The van der Waals surface area contributed by atoms with Crippen LogP contribution < -0.4 is 5.32 Å². The summed E-state index contributed by atoms with van der Waals surface area (Å²) in [7, 11) is 3.60. The van der Waals surface area contributed by atoms with Gasteiger partial charge in [0.2, 0.25) is 0 Å². The van der Waals surface area contributed by atoms with E-state index in [4.69, 9.17) is 9.47 Å². The van der Waals surface area contributed by atoms with Crippen LogP contribution in [0.15, 0.2) is 29.3 Å². The molecule has 0 radical (unpaired) electrons. The molecule has 0 aliphatic carbocycles. The fraction of sp³-hybridized carbons (Fsp3) is 0.696. The highest BCUT2D eigenvalue weighted by Gasteiger charge is 2.21. The number of likely N-dealkylation sites (tertiary alicyclic amines) is 1. The predicted octanol–water partition coefficient (Wildman–Crippen LogP) is 3.12. The fourth-order valence-electron chi connectivity index (χ4n) is 3.67. The number of nitrogens with one attached hydrogen (secondary N) is 1. The summed E-state index contributed by atoms with van der Waals surface area (Å²) in [4.78, 5) is 9.25. The summed E-state index contributed by atoms with van der Waals surface area (Å²) in [5.74, 6) is 0.982. The van der Waals surface area contributed by atoms with Crippen LogP contribution in [0.25, 0.3) is 0 Å². The minimum Gasteiger partial charge on any atom is -0.385 e. The van der Waals surface area contributed by atoms with Crippen LogP contribution in [0.4, 0.5) is 0 Å². The second kappa shape index (κ2) is 13.6. The third-order valence-electron chi connectivity index (χ3n) is 5.57. The Labute approximate surface area is 177 Å². The van der Waals surface area contributed by atoms with E-state index in [1.165, 1.54) is 11.1 Å². The van der Waals surface area contributed by atoms with E-state index in [2.05, 4.69) is 58.2 Å². The van der Waals surface area contributed by atoms with Gasteiger partial charge in [0.25, 0.3) is 0 Å². The first kappa shape index (κ1) is 23.6. The smallest absolute Gasteiger partial charge is 0.193 e. The van der Waals surface area contributed by atoms with Gasteiger partial charge in [0.15, 0.2) is 5.96 Å². The standard InChI is InChI=1S/C23H40N4O2/c1-5-26(6-2)19-21-10-8-20(9-11-21)18-25-23(24-3)27-14-12-22(13-15-27)29-17-7-16-28-4/h8-11,22H,5-7,12-19H2,1-4H3,(H,24,25). The number of hydrogen-bond acceptors (Lipinski definition) is 4. The van der Waals surface area contributed by atoms with Crippen molar-refractivity contribution in [2.24, 2.45) is 4.99 Å². The van der Waals surface area contributed by atoms with E-state index in [9.17, 15) is 0 Å². The molecular formula is C23H40N4O2. The number of guanidine groups is 1. The van der Waals surface area contributed by atoms with Gasteiger partial charge in [-0.25, -0.2) is 0 Å². The number of hydrogen-bond donors (Lipinski definition) is 1. The molecule has 29 heavy (non-hydrogen) atoms. The maximum Gasteiger partial charge on any atom is 0.193 e. The number of methoxy groups -OCH3 is 1. The summed E-state index contributed by atoms with van der Waals surface area (Å²) in [6, 6.07) is 8.92. The van der Waals surface area contributed by atoms with Gasteiger partial charge >= 0.3 is 0 Å².